The molecule has 2 aromatic carbocycles. The Kier molecular flexibility index (Phi) is 11.6. The van der Waals surface area contributed by atoms with Crippen molar-refractivity contribution in [1.29, 1.82) is 0 Å². The molecule has 4 saturated carbocycles. The van der Waals surface area contributed by atoms with Crippen LogP contribution in [0.2, 0.25) is 0 Å². The third-order valence-corrected chi connectivity index (χ3v) is 13.9. The second-order valence-electron chi connectivity index (χ2n) is 16.8. The van der Waals surface area contributed by atoms with Gasteiger partial charge in [-0.15, -0.1) is 0 Å². The topological polar surface area (TPSA) is 125 Å². The fraction of sp³-hybridized carbons (Fsp3) is 0.643. The summed E-state index contributed by atoms with van der Waals surface area (Å²) in [5.41, 5.74) is 1.43. The van der Waals surface area contributed by atoms with Crippen molar-refractivity contribution in [2.75, 3.05) is 5.32 Å². The van der Waals surface area contributed by atoms with Crippen molar-refractivity contribution in [3.05, 3.63) is 66.0 Å². The summed E-state index contributed by atoms with van der Waals surface area (Å²) in [6.07, 6.45) is 8.31. The lowest BCUT2D eigenvalue weighted by Gasteiger charge is -2.62. The van der Waals surface area contributed by atoms with Gasteiger partial charge in [-0.2, -0.15) is 0 Å². The Morgan fingerprint density at radius 3 is 2.37 bits per heavy atom. The van der Waals surface area contributed by atoms with Gasteiger partial charge in [-0.1, -0.05) is 57.2 Å². The SMILES string of the molecule is C[C@H](CCC(=O)N[C@@H](CCC(=O)Nc1cccc(F)c1)C(=O)OCc1ccccc1)[C@H]1CC[C@H]2[C@@H]3[C@H](O)C[C@@H]4C[C@H](O)CC[C@]4(C)[C@H]3CC[C@]12C. The lowest BCUT2D eigenvalue weighted by atomic mass is 9.43. The van der Waals surface area contributed by atoms with Gasteiger partial charge in [0, 0.05) is 18.5 Å². The molecule has 51 heavy (non-hydrogen) atoms. The van der Waals surface area contributed by atoms with Gasteiger partial charge in [0.05, 0.1) is 12.2 Å². The minimum Gasteiger partial charge on any atom is -0.459 e. The first kappa shape index (κ1) is 37.5. The fourth-order valence-corrected chi connectivity index (χ4v) is 11.1. The van der Waals surface area contributed by atoms with E-state index in [1.54, 1.807) is 6.07 Å². The van der Waals surface area contributed by atoms with Crippen molar-refractivity contribution in [2.24, 2.45) is 46.3 Å². The van der Waals surface area contributed by atoms with E-state index >= 15 is 0 Å². The van der Waals surface area contributed by atoms with Gasteiger partial charge in [0.1, 0.15) is 18.5 Å². The van der Waals surface area contributed by atoms with Gasteiger partial charge in [-0.25, -0.2) is 9.18 Å². The lowest BCUT2D eigenvalue weighted by molar-refractivity contribution is -0.174. The zero-order chi connectivity index (χ0) is 36.3. The van der Waals surface area contributed by atoms with Gasteiger partial charge >= 0.3 is 5.97 Å². The number of carbonyl (C=O) groups is 3. The first-order chi connectivity index (χ1) is 24.4. The normalized spacial score (nSPS) is 33.9. The predicted octanol–water partition coefficient (Wildman–Crippen LogP) is 7.18. The van der Waals surface area contributed by atoms with Gasteiger partial charge in [-0.3, -0.25) is 9.59 Å². The highest BCUT2D eigenvalue weighted by Gasteiger charge is 2.62. The summed E-state index contributed by atoms with van der Waals surface area (Å²) in [5, 5.41) is 27.5. The molecule has 0 radical (unpaired) electrons. The third-order valence-electron chi connectivity index (χ3n) is 13.9. The molecule has 0 spiro atoms. The summed E-state index contributed by atoms with van der Waals surface area (Å²) < 4.78 is 19.2. The number of esters is 1. The minimum atomic E-state index is -1.00. The fourth-order valence-electron chi connectivity index (χ4n) is 11.1. The van der Waals surface area contributed by atoms with Gasteiger partial charge in [0.25, 0.3) is 0 Å². The molecule has 0 bridgehead atoms. The van der Waals surface area contributed by atoms with E-state index in [1.807, 2.05) is 30.3 Å². The van der Waals surface area contributed by atoms with Crippen LogP contribution in [0.25, 0.3) is 0 Å². The van der Waals surface area contributed by atoms with Crippen LogP contribution in [0.1, 0.15) is 103 Å². The van der Waals surface area contributed by atoms with Crippen molar-refractivity contribution in [3.8, 4) is 0 Å². The van der Waals surface area contributed by atoms with Gasteiger partial charge < -0.3 is 25.6 Å². The molecule has 0 unspecified atom stereocenters. The van der Waals surface area contributed by atoms with Gasteiger partial charge in [0.2, 0.25) is 11.8 Å². The number of fused-ring (bicyclic) bond motifs is 5. The molecule has 6 rings (SSSR count). The Morgan fingerprint density at radius 1 is 0.882 bits per heavy atom. The van der Waals surface area contributed by atoms with Crippen molar-refractivity contribution in [3.63, 3.8) is 0 Å². The van der Waals surface area contributed by atoms with Crippen LogP contribution in [0.15, 0.2) is 54.6 Å². The number of hydrogen-bond donors (Lipinski definition) is 4. The van der Waals surface area contributed by atoms with Crippen molar-refractivity contribution >= 4 is 23.5 Å². The molecular weight excluding hydrogens is 647 g/mol. The zero-order valence-corrected chi connectivity index (χ0v) is 30.5. The lowest BCUT2D eigenvalue weighted by Crippen LogP contribution is -2.58. The van der Waals surface area contributed by atoms with Crippen LogP contribution in [-0.2, 0) is 25.7 Å². The molecule has 4 N–H and O–H groups in total. The van der Waals surface area contributed by atoms with Crippen LogP contribution >= 0.6 is 0 Å². The summed E-state index contributed by atoms with van der Waals surface area (Å²) in [4.78, 5) is 39.3. The Bertz CT molecular complexity index is 1540. The number of anilines is 1. The number of benzene rings is 2. The van der Waals surface area contributed by atoms with Crippen LogP contribution in [0.4, 0.5) is 10.1 Å². The summed E-state index contributed by atoms with van der Waals surface area (Å²) in [7, 11) is 0. The number of carbonyl (C=O) groups excluding carboxylic acids is 3. The van der Waals surface area contributed by atoms with Crippen LogP contribution in [0.3, 0.4) is 0 Å². The molecule has 278 valence electrons. The molecule has 4 aliphatic rings. The van der Waals surface area contributed by atoms with E-state index in [0.717, 1.165) is 56.9 Å². The Labute approximate surface area is 302 Å². The molecule has 0 heterocycles. The first-order valence-electron chi connectivity index (χ1n) is 19.3. The maximum Gasteiger partial charge on any atom is 0.328 e. The molecule has 9 heteroatoms. The number of nitrogens with one attached hydrogen (secondary N) is 2. The molecule has 11 atom stereocenters. The van der Waals surface area contributed by atoms with E-state index in [1.165, 1.54) is 18.2 Å². The molecule has 8 nitrogen and oxygen atoms in total. The van der Waals surface area contributed by atoms with Gasteiger partial charge in [-0.05, 0) is 134 Å². The largest absolute Gasteiger partial charge is 0.459 e. The van der Waals surface area contributed by atoms with Crippen molar-refractivity contribution < 1.29 is 33.7 Å². The maximum atomic E-state index is 13.6. The monoisotopic (exact) mass is 704 g/mol. The van der Waals surface area contributed by atoms with E-state index in [9.17, 15) is 29.0 Å². The van der Waals surface area contributed by atoms with E-state index < -0.39 is 23.7 Å². The van der Waals surface area contributed by atoms with Crippen molar-refractivity contribution in [1.82, 2.24) is 5.32 Å². The maximum absolute atomic E-state index is 13.6. The summed E-state index contributed by atoms with van der Waals surface area (Å²) >= 11 is 0. The van der Waals surface area contributed by atoms with Crippen molar-refractivity contribution in [2.45, 2.75) is 123 Å². The molecule has 0 aromatic heterocycles. The summed E-state index contributed by atoms with van der Waals surface area (Å²) in [6, 6.07) is 13.9. The minimum absolute atomic E-state index is 0.0437. The van der Waals surface area contributed by atoms with Crippen LogP contribution in [0.5, 0.6) is 0 Å². The second-order valence-corrected chi connectivity index (χ2v) is 16.8. The Morgan fingerprint density at radius 2 is 1.61 bits per heavy atom. The van der Waals surface area contributed by atoms with Crippen LogP contribution in [-0.4, -0.2) is 46.2 Å². The number of ether oxygens (including phenoxy) is 1. The Balaban J connectivity index is 1.05. The first-order valence-corrected chi connectivity index (χ1v) is 19.3. The standard InChI is InChI=1S/C42H57FN2O6/c1-26(32-13-14-33-39-34(19-21-42(32,33)3)41(2)20-18-31(46)22-28(41)23-36(39)47)12-16-38(49)45-35(40(50)51-25-27-8-5-4-6-9-27)15-17-37(48)44-30-11-7-10-29(43)24-30/h4-11,24,26,28,31-36,39,46-47H,12-23,25H2,1-3H3,(H,44,48)(H,45,49)/t26-,28+,31-,32-,33+,34+,35+,36-,39+,41+,42-/m1/s1. The quantitative estimate of drug-likeness (QED) is 0.174. The molecule has 0 aliphatic heterocycles. The molecule has 2 amide bonds. The number of halogens is 1. The number of amides is 2. The van der Waals surface area contributed by atoms with Crippen LogP contribution in [0, 0.1) is 52.2 Å². The average Bonchev–Trinajstić information content (AvgIpc) is 3.46. The number of aliphatic hydroxyl groups is 2. The highest BCUT2D eigenvalue weighted by Crippen LogP contribution is 2.68. The Hall–Kier alpha value is -3.30. The highest BCUT2D eigenvalue weighted by atomic mass is 19.1. The smallest absolute Gasteiger partial charge is 0.328 e. The molecule has 4 fully saturated rings. The van der Waals surface area contributed by atoms with Gasteiger partial charge in [0.15, 0.2) is 0 Å². The van der Waals surface area contributed by atoms with E-state index in [2.05, 4.69) is 31.4 Å². The summed E-state index contributed by atoms with van der Waals surface area (Å²) in [6.45, 7) is 7.17. The molecule has 2 aromatic rings. The highest BCUT2D eigenvalue weighted by molar-refractivity contribution is 5.91. The van der Waals surface area contributed by atoms with E-state index in [4.69, 9.17) is 4.74 Å². The van der Waals surface area contributed by atoms with Crippen LogP contribution < -0.4 is 10.6 Å². The second kappa shape index (κ2) is 15.7. The predicted molar refractivity (Wildman–Crippen MR) is 193 cm³/mol. The average molecular weight is 705 g/mol. The third kappa shape index (κ3) is 8.20. The number of aliphatic hydroxyl groups excluding tert-OH is 2. The van der Waals surface area contributed by atoms with E-state index in [-0.39, 0.29) is 60.7 Å². The zero-order valence-electron chi connectivity index (χ0n) is 30.5. The molecular formula is C42H57FN2O6. The molecule has 4 aliphatic carbocycles. The number of hydrogen-bond acceptors (Lipinski definition) is 6. The molecule has 0 saturated heterocycles. The van der Waals surface area contributed by atoms with E-state index in [0.29, 0.717) is 41.7 Å². The number of rotatable bonds is 12. The summed E-state index contributed by atoms with van der Waals surface area (Å²) in [5.74, 6) is 0.654.